The highest BCUT2D eigenvalue weighted by atomic mass is 16.8. The zero-order chi connectivity index (χ0) is 48.1. The number of methoxy groups -OCH3 is 1. The summed E-state index contributed by atoms with van der Waals surface area (Å²) in [5, 5.41) is 2.72. The van der Waals surface area contributed by atoms with Crippen LogP contribution in [0.4, 0.5) is 0 Å². The molecule has 23 nitrogen and oxygen atoms in total. The van der Waals surface area contributed by atoms with Crippen molar-refractivity contribution in [3.8, 4) is 0 Å². The Morgan fingerprint density at radius 3 is 1.46 bits per heavy atom. The summed E-state index contributed by atoms with van der Waals surface area (Å²) in [7, 11) is 1.28. The van der Waals surface area contributed by atoms with Gasteiger partial charge in [-0.1, -0.05) is 30.3 Å². The Balaban J connectivity index is 1.92. The Kier molecular flexibility index (Phi) is 19.6. The van der Waals surface area contributed by atoms with Crippen LogP contribution in [0.15, 0.2) is 30.3 Å². The minimum Gasteiger partial charge on any atom is -0.463 e. The predicted octanol–water partition coefficient (Wildman–Crippen LogP) is 0.473. The molecule has 0 unspecified atom stereocenters. The molecule has 3 heterocycles. The van der Waals surface area contributed by atoms with E-state index in [0.29, 0.717) is 0 Å². The molecular weight excluding hydrogens is 870 g/mol. The number of carbonyl (C=O) groups is 8. The van der Waals surface area contributed by atoms with E-state index < -0.39 is 146 Å². The second-order valence-corrected chi connectivity index (χ2v) is 15.2. The molecule has 0 radical (unpaired) electrons. The number of hydrogen-bond acceptors (Lipinski definition) is 22. The number of amides is 1. The first-order chi connectivity index (χ1) is 30.7. The summed E-state index contributed by atoms with van der Waals surface area (Å²) in [6, 6.07) is 7.68. The van der Waals surface area contributed by atoms with Crippen molar-refractivity contribution in [3.63, 3.8) is 0 Å². The summed E-state index contributed by atoms with van der Waals surface area (Å²) in [6.45, 7) is 9.32. The first kappa shape index (κ1) is 52.3. The van der Waals surface area contributed by atoms with Crippen molar-refractivity contribution >= 4 is 47.7 Å². The fourth-order valence-corrected chi connectivity index (χ4v) is 7.51. The summed E-state index contributed by atoms with van der Waals surface area (Å²) >= 11 is 0. The molecule has 3 aliphatic rings. The van der Waals surface area contributed by atoms with Crippen LogP contribution in [-0.2, 0) is 111 Å². The molecule has 4 rings (SSSR count). The highest BCUT2D eigenvalue weighted by molar-refractivity contribution is 5.73. The summed E-state index contributed by atoms with van der Waals surface area (Å²) in [6.07, 6.45) is -21.3. The van der Waals surface area contributed by atoms with E-state index in [0.717, 1.165) is 54.0 Å². The van der Waals surface area contributed by atoms with E-state index in [2.05, 4.69) is 5.32 Å². The monoisotopic (exact) mass is 927 g/mol. The van der Waals surface area contributed by atoms with Gasteiger partial charge in [0.1, 0.15) is 37.1 Å². The highest BCUT2D eigenvalue weighted by Gasteiger charge is 2.59. The molecule has 3 fully saturated rings. The van der Waals surface area contributed by atoms with Crippen molar-refractivity contribution < 1.29 is 105 Å². The molecule has 362 valence electrons. The van der Waals surface area contributed by atoms with Crippen molar-refractivity contribution in [2.45, 2.75) is 161 Å². The van der Waals surface area contributed by atoms with Crippen LogP contribution in [0, 0.1) is 0 Å². The largest absolute Gasteiger partial charge is 0.463 e. The molecule has 1 amide bonds. The minimum atomic E-state index is -1.83. The van der Waals surface area contributed by atoms with Gasteiger partial charge >= 0.3 is 41.8 Å². The molecule has 0 spiro atoms. The number of carbonyl (C=O) groups excluding carboxylic acids is 8. The number of benzene rings is 1. The van der Waals surface area contributed by atoms with Crippen molar-refractivity contribution in [1.29, 1.82) is 0 Å². The number of ether oxygens (including phenoxy) is 14. The molecule has 0 bridgehead atoms. The van der Waals surface area contributed by atoms with Crippen LogP contribution in [0.5, 0.6) is 0 Å². The standard InChI is InChI=1S/C42H57NO22/c1-19-32(56-22(4)46)36(58-24(6)48)38(60-26(8)50)41(55-19)65-35-31(43-20(2)44)40(52-10)62-29(17-53-16-28-14-12-11-13-15-28)33(35)64-42-39(61-27(9)51)37(59-25(7)49)34(57-23(5)47)30(63-42)18-54-21(3)45/h11-15,19,29-42H,16-18H2,1-10H3,(H,43,44)/t19-,29+,30+,31+,32+,33+,34+,35+,36+,37-,38-,39+,40+,41+,42-/m0/s1. The van der Waals surface area contributed by atoms with E-state index in [1.807, 2.05) is 18.2 Å². The van der Waals surface area contributed by atoms with Gasteiger partial charge in [0, 0.05) is 62.5 Å². The second-order valence-electron chi connectivity index (χ2n) is 15.2. The molecule has 15 atom stereocenters. The van der Waals surface area contributed by atoms with E-state index in [9.17, 15) is 38.4 Å². The molecule has 23 heteroatoms. The Morgan fingerprint density at radius 1 is 0.508 bits per heavy atom. The first-order valence-electron chi connectivity index (χ1n) is 20.5. The molecule has 0 aromatic heterocycles. The van der Waals surface area contributed by atoms with Crippen LogP contribution in [0.25, 0.3) is 0 Å². The number of rotatable bonds is 18. The van der Waals surface area contributed by atoms with Gasteiger partial charge in [-0.25, -0.2) is 0 Å². The summed E-state index contributed by atoms with van der Waals surface area (Å²) < 4.78 is 82.9. The van der Waals surface area contributed by atoms with Gasteiger partial charge in [-0.3, -0.25) is 38.4 Å². The fraction of sp³-hybridized carbons (Fsp3) is 0.667. The normalized spacial score (nSPS) is 32.1. The third kappa shape index (κ3) is 15.1. The topological polar surface area (TPSA) is 278 Å². The number of nitrogens with one attached hydrogen (secondary N) is 1. The lowest BCUT2D eigenvalue weighted by atomic mass is 9.94. The van der Waals surface area contributed by atoms with E-state index in [1.165, 1.54) is 21.0 Å². The average Bonchev–Trinajstić information content (AvgIpc) is 3.20. The number of hydrogen-bond donors (Lipinski definition) is 1. The lowest BCUT2D eigenvalue weighted by Crippen LogP contribution is -2.70. The molecule has 65 heavy (non-hydrogen) atoms. The zero-order valence-electron chi connectivity index (χ0n) is 37.6. The Hall–Kier alpha value is -5.30. The average molecular weight is 928 g/mol. The highest BCUT2D eigenvalue weighted by Crippen LogP contribution is 2.37. The maximum atomic E-state index is 12.9. The van der Waals surface area contributed by atoms with Gasteiger partial charge < -0.3 is 71.6 Å². The van der Waals surface area contributed by atoms with Crippen molar-refractivity contribution in [3.05, 3.63) is 35.9 Å². The molecular formula is C42H57NO22. The van der Waals surface area contributed by atoms with E-state index >= 15 is 0 Å². The SMILES string of the molecule is CO[C@@H]1O[C@H](COCc2ccccc2)[C@@H](O[C@@H]2O[C@H](COC(C)=O)[C@@H](OC(C)=O)[C@H](OC(C)=O)[C@H]2OC(C)=O)[C@H](O[C@H]2O[C@@H](C)[C@@H](OC(C)=O)[C@@H](OC(C)=O)[C@@H]2OC(C)=O)[C@H]1NC(C)=O. The molecule has 1 aromatic rings. The van der Waals surface area contributed by atoms with Gasteiger partial charge in [-0.05, 0) is 12.5 Å². The van der Waals surface area contributed by atoms with Crippen LogP contribution in [-0.4, -0.2) is 160 Å². The Labute approximate surface area is 374 Å². The molecule has 0 saturated carbocycles. The van der Waals surface area contributed by atoms with E-state index in [-0.39, 0.29) is 13.2 Å². The van der Waals surface area contributed by atoms with Gasteiger partial charge in [-0.2, -0.15) is 0 Å². The fourth-order valence-electron chi connectivity index (χ4n) is 7.51. The minimum absolute atomic E-state index is 0.0458. The quantitative estimate of drug-likeness (QED) is 0.155. The van der Waals surface area contributed by atoms with Crippen LogP contribution < -0.4 is 5.32 Å². The maximum absolute atomic E-state index is 12.9. The Morgan fingerprint density at radius 2 is 0.954 bits per heavy atom. The zero-order valence-corrected chi connectivity index (χ0v) is 37.6. The maximum Gasteiger partial charge on any atom is 0.303 e. The molecule has 1 aromatic carbocycles. The van der Waals surface area contributed by atoms with Crippen molar-refractivity contribution in [1.82, 2.24) is 5.32 Å². The molecule has 3 aliphatic heterocycles. The summed E-state index contributed by atoms with van der Waals surface area (Å²) in [5.41, 5.74) is 0.764. The van der Waals surface area contributed by atoms with E-state index in [4.69, 9.17) is 66.3 Å². The first-order valence-corrected chi connectivity index (χ1v) is 20.5. The third-order valence-electron chi connectivity index (χ3n) is 9.81. The number of esters is 7. The Bertz CT molecular complexity index is 1830. The van der Waals surface area contributed by atoms with Crippen molar-refractivity contribution in [2.24, 2.45) is 0 Å². The van der Waals surface area contributed by atoms with Gasteiger partial charge in [0.2, 0.25) is 5.91 Å². The predicted molar refractivity (Wildman–Crippen MR) is 212 cm³/mol. The summed E-state index contributed by atoms with van der Waals surface area (Å²) in [4.78, 5) is 100. The van der Waals surface area contributed by atoms with Crippen LogP contribution in [0.3, 0.4) is 0 Å². The van der Waals surface area contributed by atoms with Crippen LogP contribution in [0.2, 0.25) is 0 Å². The van der Waals surface area contributed by atoms with E-state index in [1.54, 1.807) is 12.1 Å². The van der Waals surface area contributed by atoms with Gasteiger partial charge in [0.15, 0.2) is 55.5 Å². The van der Waals surface area contributed by atoms with Gasteiger partial charge in [-0.15, -0.1) is 0 Å². The lowest BCUT2D eigenvalue weighted by molar-refractivity contribution is -0.373. The smallest absolute Gasteiger partial charge is 0.303 e. The molecule has 0 aliphatic carbocycles. The van der Waals surface area contributed by atoms with Crippen molar-refractivity contribution in [2.75, 3.05) is 20.3 Å². The molecule has 3 saturated heterocycles. The van der Waals surface area contributed by atoms with Crippen LogP contribution in [0.1, 0.15) is 67.9 Å². The second kappa shape index (κ2) is 24.3. The lowest BCUT2D eigenvalue weighted by Gasteiger charge is -2.51. The molecule has 1 N–H and O–H groups in total. The van der Waals surface area contributed by atoms with Gasteiger partial charge in [0.25, 0.3) is 0 Å². The van der Waals surface area contributed by atoms with Gasteiger partial charge in [0.05, 0.1) is 19.3 Å². The summed E-state index contributed by atoms with van der Waals surface area (Å²) in [5.74, 6) is -6.61. The van der Waals surface area contributed by atoms with Crippen LogP contribution >= 0.6 is 0 Å². The third-order valence-corrected chi connectivity index (χ3v) is 9.81.